The SMILES string of the molecule is CCCCCCCCC(=O)N1CCN(c2cc(Nc3ncc(C(=O)Nc4c(C)cccc4Cl)s3)nc(C)n2)CC1. The van der Waals surface area contributed by atoms with Gasteiger partial charge in [-0.2, -0.15) is 0 Å². The van der Waals surface area contributed by atoms with Crippen LogP contribution < -0.4 is 15.5 Å². The molecule has 0 aliphatic carbocycles. The minimum absolute atomic E-state index is 0.254. The predicted octanol–water partition coefficient (Wildman–Crippen LogP) is 6.60. The summed E-state index contributed by atoms with van der Waals surface area (Å²) in [5, 5.41) is 7.13. The van der Waals surface area contributed by atoms with Crippen LogP contribution in [0, 0.1) is 13.8 Å². The Hall–Kier alpha value is -3.24. The first-order valence-electron chi connectivity index (χ1n) is 14.0. The van der Waals surface area contributed by atoms with Gasteiger partial charge in [0.1, 0.15) is 22.3 Å². The largest absolute Gasteiger partial charge is 0.353 e. The van der Waals surface area contributed by atoms with Gasteiger partial charge in [0.25, 0.3) is 5.91 Å². The standard InChI is InChI=1S/C29H38ClN7O2S/c1-4-5-6-7-8-9-13-26(38)37-16-14-36(15-17-37)25-18-24(32-21(3)33-25)34-29-31-19-23(40-29)28(39)35-27-20(2)11-10-12-22(27)30/h10-12,18-19H,4-9,13-17H2,1-3H3,(H,35,39)(H,31,32,33,34). The predicted molar refractivity (Wildman–Crippen MR) is 163 cm³/mol. The van der Waals surface area contributed by atoms with Crippen molar-refractivity contribution in [2.75, 3.05) is 41.7 Å². The van der Waals surface area contributed by atoms with Crippen LogP contribution in [0.15, 0.2) is 30.5 Å². The summed E-state index contributed by atoms with van der Waals surface area (Å²) < 4.78 is 0. The van der Waals surface area contributed by atoms with Crippen LogP contribution in [0.1, 0.15) is 72.9 Å². The van der Waals surface area contributed by atoms with Gasteiger partial charge in [0.2, 0.25) is 5.91 Å². The second kappa shape index (κ2) is 14.4. The van der Waals surface area contributed by atoms with Crippen LogP contribution in [-0.2, 0) is 4.79 Å². The van der Waals surface area contributed by atoms with E-state index < -0.39 is 0 Å². The number of aromatic nitrogens is 3. The smallest absolute Gasteiger partial charge is 0.267 e. The van der Waals surface area contributed by atoms with Gasteiger partial charge in [0.15, 0.2) is 5.13 Å². The Morgan fingerprint density at radius 3 is 2.52 bits per heavy atom. The molecule has 1 saturated heterocycles. The van der Waals surface area contributed by atoms with E-state index in [0.29, 0.717) is 51.9 Å². The number of aryl methyl sites for hydroxylation is 2. The van der Waals surface area contributed by atoms with E-state index in [1.807, 2.05) is 36.9 Å². The number of halogens is 1. The molecule has 3 heterocycles. The van der Waals surface area contributed by atoms with Crippen molar-refractivity contribution in [3.63, 3.8) is 0 Å². The van der Waals surface area contributed by atoms with Crippen LogP contribution in [0.4, 0.5) is 22.5 Å². The molecule has 1 fully saturated rings. The van der Waals surface area contributed by atoms with Crippen molar-refractivity contribution in [1.29, 1.82) is 0 Å². The summed E-state index contributed by atoms with van der Waals surface area (Å²) >= 11 is 7.49. The highest BCUT2D eigenvalue weighted by atomic mass is 35.5. The van der Waals surface area contributed by atoms with Crippen molar-refractivity contribution < 1.29 is 9.59 Å². The van der Waals surface area contributed by atoms with Crippen molar-refractivity contribution in [3.05, 3.63) is 51.7 Å². The van der Waals surface area contributed by atoms with Crippen molar-refractivity contribution in [3.8, 4) is 0 Å². The topological polar surface area (TPSA) is 103 Å². The number of thiazole rings is 1. The van der Waals surface area contributed by atoms with Crippen LogP contribution in [0.25, 0.3) is 0 Å². The fraction of sp³-hybridized carbons (Fsp3) is 0.483. The second-order valence-corrected chi connectivity index (χ2v) is 11.5. The summed E-state index contributed by atoms with van der Waals surface area (Å²) in [5.74, 6) is 2.02. The Morgan fingerprint density at radius 2 is 1.77 bits per heavy atom. The molecule has 0 unspecified atom stereocenters. The first-order valence-corrected chi connectivity index (χ1v) is 15.2. The molecule has 0 saturated carbocycles. The lowest BCUT2D eigenvalue weighted by atomic mass is 10.1. The molecule has 2 amide bonds. The van der Waals surface area contributed by atoms with Gasteiger partial charge in [0.05, 0.1) is 16.9 Å². The fourth-order valence-electron chi connectivity index (χ4n) is 4.69. The summed E-state index contributed by atoms with van der Waals surface area (Å²) in [6, 6.07) is 7.36. The molecule has 1 aliphatic rings. The Bertz CT molecular complexity index is 1290. The Balaban J connectivity index is 1.30. The molecule has 0 spiro atoms. The lowest BCUT2D eigenvalue weighted by Crippen LogP contribution is -2.49. The number of benzene rings is 1. The quantitative estimate of drug-likeness (QED) is 0.232. The monoisotopic (exact) mass is 583 g/mol. The second-order valence-electron chi connectivity index (χ2n) is 10.1. The molecule has 3 aromatic rings. The van der Waals surface area contributed by atoms with E-state index in [-0.39, 0.29) is 11.8 Å². The number of unbranched alkanes of at least 4 members (excludes halogenated alkanes) is 5. The van der Waals surface area contributed by atoms with E-state index in [1.165, 1.54) is 43.2 Å². The van der Waals surface area contributed by atoms with Gasteiger partial charge in [-0.15, -0.1) is 0 Å². The average molecular weight is 584 g/mol. The van der Waals surface area contributed by atoms with E-state index >= 15 is 0 Å². The number of hydrogen-bond donors (Lipinski definition) is 2. The number of rotatable bonds is 12. The van der Waals surface area contributed by atoms with Crippen LogP contribution in [-0.4, -0.2) is 57.8 Å². The molecule has 0 radical (unpaired) electrons. The zero-order valence-corrected chi connectivity index (χ0v) is 25.1. The summed E-state index contributed by atoms with van der Waals surface area (Å²) in [5.41, 5.74) is 1.48. The molecule has 0 atom stereocenters. The van der Waals surface area contributed by atoms with Gasteiger partial charge in [0, 0.05) is 38.7 Å². The number of anilines is 4. The zero-order valence-electron chi connectivity index (χ0n) is 23.5. The summed E-state index contributed by atoms with van der Waals surface area (Å²) in [6.45, 7) is 8.79. The van der Waals surface area contributed by atoms with Gasteiger partial charge in [-0.1, -0.05) is 74.1 Å². The van der Waals surface area contributed by atoms with Crippen LogP contribution in [0.5, 0.6) is 0 Å². The minimum atomic E-state index is -0.273. The molecular formula is C29H38ClN7O2S. The van der Waals surface area contributed by atoms with Crippen molar-refractivity contribution in [2.45, 2.75) is 65.7 Å². The maximum Gasteiger partial charge on any atom is 0.267 e. The number of amides is 2. The van der Waals surface area contributed by atoms with Crippen molar-refractivity contribution in [1.82, 2.24) is 19.9 Å². The van der Waals surface area contributed by atoms with E-state index in [9.17, 15) is 9.59 Å². The first-order chi connectivity index (χ1) is 19.3. The number of nitrogens with zero attached hydrogens (tertiary/aromatic N) is 5. The summed E-state index contributed by atoms with van der Waals surface area (Å²) in [4.78, 5) is 43.6. The van der Waals surface area contributed by atoms with Gasteiger partial charge < -0.3 is 20.4 Å². The molecule has 9 nitrogen and oxygen atoms in total. The molecule has 1 aromatic carbocycles. The summed E-state index contributed by atoms with van der Waals surface area (Å²) in [7, 11) is 0. The van der Waals surface area contributed by atoms with Gasteiger partial charge in [-0.3, -0.25) is 9.59 Å². The highest BCUT2D eigenvalue weighted by molar-refractivity contribution is 7.17. The third kappa shape index (κ3) is 8.14. The number of carbonyl (C=O) groups is 2. The molecule has 11 heteroatoms. The van der Waals surface area contributed by atoms with E-state index in [4.69, 9.17) is 11.6 Å². The van der Waals surface area contributed by atoms with Gasteiger partial charge in [-0.25, -0.2) is 15.0 Å². The maximum atomic E-state index is 12.8. The van der Waals surface area contributed by atoms with Crippen LogP contribution >= 0.6 is 22.9 Å². The minimum Gasteiger partial charge on any atom is -0.353 e. The molecule has 0 bridgehead atoms. The van der Waals surface area contributed by atoms with Crippen molar-refractivity contribution in [2.24, 2.45) is 0 Å². The Kier molecular flexibility index (Phi) is 10.7. The van der Waals surface area contributed by atoms with E-state index in [0.717, 1.165) is 37.3 Å². The zero-order chi connectivity index (χ0) is 28.5. The molecule has 2 N–H and O–H groups in total. The van der Waals surface area contributed by atoms with Gasteiger partial charge in [-0.05, 0) is 31.9 Å². The Morgan fingerprint density at radius 1 is 1.02 bits per heavy atom. The number of piperazine rings is 1. The molecule has 214 valence electrons. The number of nitrogens with one attached hydrogen (secondary N) is 2. The van der Waals surface area contributed by atoms with Gasteiger partial charge >= 0.3 is 0 Å². The normalized spacial score (nSPS) is 13.4. The van der Waals surface area contributed by atoms with E-state index in [2.05, 4.69) is 37.4 Å². The van der Waals surface area contributed by atoms with Crippen molar-refractivity contribution >= 4 is 57.2 Å². The molecule has 4 rings (SSSR count). The lowest BCUT2D eigenvalue weighted by molar-refractivity contribution is -0.131. The molecule has 2 aromatic heterocycles. The maximum absolute atomic E-state index is 12.8. The summed E-state index contributed by atoms with van der Waals surface area (Å²) in [6.07, 6.45) is 9.28. The Labute approximate surface area is 245 Å². The number of carbonyl (C=O) groups excluding carboxylic acids is 2. The first kappa shape index (κ1) is 29.7. The molecule has 40 heavy (non-hydrogen) atoms. The molecular weight excluding hydrogens is 546 g/mol. The van der Waals surface area contributed by atoms with Crippen LogP contribution in [0.3, 0.4) is 0 Å². The van der Waals surface area contributed by atoms with E-state index in [1.54, 1.807) is 6.07 Å². The van der Waals surface area contributed by atoms with Crippen LogP contribution in [0.2, 0.25) is 5.02 Å². The highest BCUT2D eigenvalue weighted by Crippen LogP contribution is 2.28. The fourth-order valence-corrected chi connectivity index (χ4v) is 5.68. The lowest BCUT2D eigenvalue weighted by Gasteiger charge is -2.35. The third-order valence-electron chi connectivity index (χ3n) is 6.95. The number of hydrogen-bond acceptors (Lipinski definition) is 8. The average Bonchev–Trinajstić information content (AvgIpc) is 3.41. The molecule has 1 aliphatic heterocycles. The third-order valence-corrected chi connectivity index (χ3v) is 8.18. The highest BCUT2D eigenvalue weighted by Gasteiger charge is 2.22. The number of para-hydroxylation sites is 1.